The van der Waals surface area contributed by atoms with Crippen LogP contribution in [-0.2, 0) is 33.3 Å². The number of imide groups is 2. The first-order valence-corrected chi connectivity index (χ1v) is 14.7. The normalized spacial score (nSPS) is 16.3. The van der Waals surface area contributed by atoms with Crippen molar-refractivity contribution >= 4 is 29.3 Å². The highest BCUT2D eigenvalue weighted by Gasteiger charge is 2.45. The van der Waals surface area contributed by atoms with Gasteiger partial charge in [0.15, 0.2) is 0 Å². The molecule has 1 fully saturated rings. The first-order chi connectivity index (χ1) is 21.6. The Labute approximate surface area is 256 Å². The van der Waals surface area contributed by atoms with Crippen LogP contribution in [0.3, 0.4) is 0 Å². The van der Waals surface area contributed by atoms with E-state index < -0.39 is 29.7 Å². The molecule has 13 heteroatoms. The summed E-state index contributed by atoms with van der Waals surface area (Å²) in [4.78, 5) is 50.7. The number of anilines is 1. The van der Waals surface area contributed by atoms with Crippen LogP contribution in [0.5, 0.6) is 5.75 Å². The molecule has 238 valence electrons. The monoisotopic (exact) mass is 613 g/mol. The van der Waals surface area contributed by atoms with E-state index in [9.17, 15) is 19.2 Å². The number of nitrogens with one attached hydrogen (secondary N) is 2. The van der Waals surface area contributed by atoms with Crippen LogP contribution < -0.4 is 15.4 Å². The third-order valence-corrected chi connectivity index (χ3v) is 6.76. The fourth-order valence-electron chi connectivity index (χ4n) is 4.64. The lowest BCUT2D eigenvalue weighted by Crippen LogP contribution is -2.54. The van der Waals surface area contributed by atoms with Gasteiger partial charge in [0.1, 0.15) is 18.4 Å². The van der Waals surface area contributed by atoms with Crippen LogP contribution in [0.1, 0.15) is 33.6 Å². The summed E-state index contributed by atoms with van der Waals surface area (Å²) in [6.45, 7) is 5.31. The number of rotatable bonds is 21. The fourth-order valence-corrected chi connectivity index (χ4v) is 4.64. The second-order valence-corrected chi connectivity index (χ2v) is 9.83. The molecule has 0 aliphatic carbocycles. The van der Waals surface area contributed by atoms with Gasteiger partial charge in [-0.25, -0.2) is 0 Å². The van der Waals surface area contributed by atoms with Crippen LogP contribution >= 0.6 is 0 Å². The van der Waals surface area contributed by atoms with Gasteiger partial charge in [0.05, 0.1) is 77.2 Å². The van der Waals surface area contributed by atoms with E-state index in [0.717, 1.165) is 10.6 Å². The highest BCUT2D eigenvalue weighted by molar-refractivity contribution is 6.25. The van der Waals surface area contributed by atoms with E-state index in [1.165, 1.54) is 0 Å². The topological polar surface area (TPSA) is 151 Å². The zero-order valence-corrected chi connectivity index (χ0v) is 24.6. The molecular formula is C31H39N3O10. The first kappa shape index (κ1) is 33.0. The Hall–Kier alpha value is -3.88. The van der Waals surface area contributed by atoms with Gasteiger partial charge in [-0.05, 0) is 30.7 Å². The van der Waals surface area contributed by atoms with Gasteiger partial charge in [0.25, 0.3) is 11.8 Å². The molecule has 0 bridgehead atoms. The second kappa shape index (κ2) is 18.0. The van der Waals surface area contributed by atoms with Gasteiger partial charge in [-0.15, -0.1) is 0 Å². The smallest absolute Gasteiger partial charge is 0.264 e. The number of carbonyl (C=O) groups excluding carboxylic acids is 4. The molecule has 0 radical (unpaired) electrons. The number of hydrogen-bond acceptors (Lipinski definition) is 11. The average molecular weight is 614 g/mol. The summed E-state index contributed by atoms with van der Waals surface area (Å²) in [5.74, 6) is -1.33. The van der Waals surface area contributed by atoms with E-state index in [1.54, 1.807) is 18.2 Å². The summed E-state index contributed by atoms with van der Waals surface area (Å²) in [6, 6.07) is 13.5. The van der Waals surface area contributed by atoms with Crippen molar-refractivity contribution in [1.82, 2.24) is 10.2 Å². The molecule has 2 aliphatic rings. The molecule has 1 unspecified atom stereocenters. The van der Waals surface area contributed by atoms with Crippen molar-refractivity contribution in [2.24, 2.45) is 0 Å². The van der Waals surface area contributed by atoms with Gasteiger partial charge in [-0.3, -0.25) is 29.4 Å². The van der Waals surface area contributed by atoms with Crippen LogP contribution in [-0.4, -0.2) is 114 Å². The predicted molar refractivity (Wildman–Crippen MR) is 158 cm³/mol. The van der Waals surface area contributed by atoms with Crippen molar-refractivity contribution in [1.29, 1.82) is 0 Å². The second-order valence-electron chi connectivity index (χ2n) is 9.83. The van der Waals surface area contributed by atoms with Crippen molar-refractivity contribution in [2.75, 3.05) is 84.5 Å². The van der Waals surface area contributed by atoms with Crippen molar-refractivity contribution in [3.63, 3.8) is 0 Å². The molecule has 1 atom stereocenters. The molecule has 1 saturated heterocycles. The molecule has 4 rings (SSSR count). The predicted octanol–water partition coefficient (Wildman–Crippen LogP) is 1.66. The van der Waals surface area contributed by atoms with Gasteiger partial charge in [0, 0.05) is 18.7 Å². The maximum absolute atomic E-state index is 13.1. The zero-order chi connectivity index (χ0) is 31.0. The van der Waals surface area contributed by atoms with E-state index in [1.807, 2.05) is 30.3 Å². The van der Waals surface area contributed by atoms with E-state index in [4.69, 9.17) is 28.4 Å². The van der Waals surface area contributed by atoms with Crippen LogP contribution in [0.25, 0.3) is 0 Å². The molecule has 0 aromatic heterocycles. The number of carbonyl (C=O) groups is 4. The Balaban J connectivity index is 0.968. The van der Waals surface area contributed by atoms with Gasteiger partial charge >= 0.3 is 0 Å². The summed E-state index contributed by atoms with van der Waals surface area (Å²) in [7, 11) is 0. The molecule has 2 aliphatic heterocycles. The maximum Gasteiger partial charge on any atom is 0.264 e. The summed E-state index contributed by atoms with van der Waals surface area (Å²) in [6.07, 6.45) is 0.181. The third-order valence-electron chi connectivity index (χ3n) is 6.76. The van der Waals surface area contributed by atoms with Crippen LogP contribution in [0.2, 0.25) is 0 Å². The molecule has 44 heavy (non-hydrogen) atoms. The van der Waals surface area contributed by atoms with Gasteiger partial charge in [0.2, 0.25) is 11.8 Å². The number of para-hydroxylation sites is 1. The lowest BCUT2D eigenvalue weighted by atomic mass is 10.0. The van der Waals surface area contributed by atoms with Gasteiger partial charge in [-0.1, -0.05) is 24.3 Å². The SMILES string of the molecule is O=C1CCC(N2C(=O)c3cccc(NCCOCCOCCOCCOCCOCCOc4ccccc4)c3C2=O)C(=O)N1. The van der Waals surface area contributed by atoms with Crippen LogP contribution in [0, 0.1) is 0 Å². The number of ether oxygens (including phenoxy) is 6. The molecule has 2 aromatic carbocycles. The maximum atomic E-state index is 13.1. The van der Waals surface area contributed by atoms with Crippen molar-refractivity contribution in [3.05, 3.63) is 59.7 Å². The number of piperidine rings is 1. The van der Waals surface area contributed by atoms with E-state index >= 15 is 0 Å². The van der Waals surface area contributed by atoms with E-state index in [0.29, 0.717) is 84.9 Å². The van der Waals surface area contributed by atoms with Crippen LogP contribution in [0.4, 0.5) is 5.69 Å². The summed E-state index contributed by atoms with van der Waals surface area (Å²) >= 11 is 0. The number of nitrogens with zero attached hydrogens (tertiary/aromatic N) is 1. The Morgan fingerprint density at radius 2 is 1.27 bits per heavy atom. The van der Waals surface area contributed by atoms with E-state index in [2.05, 4.69) is 10.6 Å². The Morgan fingerprint density at radius 3 is 1.89 bits per heavy atom. The Kier molecular flexibility index (Phi) is 13.5. The largest absolute Gasteiger partial charge is 0.491 e. The quantitative estimate of drug-likeness (QED) is 0.156. The minimum atomic E-state index is -1.00. The molecule has 0 spiro atoms. The lowest BCUT2D eigenvalue weighted by Gasteiger charge is -2.27. The Bertz CT molecular complexity index is 1240. The minimum absolute atomic E-state index is 0.0713. The van der Waals surface area contributed by atoms with Crippen molar-refractivity contribution < 1.29 is 47.6 Å². The van der Waals surface area contributed by atoms with Gasteiger partial charge in [-0.2, -0.15) is 0 Å². The lowest BCUT2D eigenvalue weighted by molar-refractivity contribution is -0.136. The molecule has 2 aromatic rings. The van der Waals surface area contributed by atoms with Crippen molar-refractivity contribution in [3.8, 4) is 5.75 Å². The highest BCUT2D eigenvalue weighted by atomic mass is 16.6. The van der Waals surface area contributed by atoms with Crippen molar-refractivity contribution in [2.45, 2.75) is 18.9 Å². The van der Waals surface area contributed by atoms with E-state index in [-0.39, 0.29) is 24.0 Å². The minimum Gasteiger partial charge on any atom is -0.491 e. The zero-order valence-electron chi connectivity index (χ0n) is 24.6. The molecule has 4 amide bonds. The third kappa shape index (κ3) is 9.82. The number of fused-ring (bicyclic) bond motifs is 1. The van der Waals surface area contributed by atoms with Crippen LogP contribution in [0.15, 0.2) is 48.5 Å². The molecule has 0 saturated carbocycles. The fraction of sp³-hybridized carbons (Fsp3) is 0.484. The Morgan fingerprint density at radius 1 is 0.682 bits per heavy atom. The summed E-state index contributed by atoms with van der Waals surface area (Å²) in [5, 5.41) is 5.33. The van der Waals surface area contributed by atoms with Gasteiger partial charge < -0.3 is 33.7 Å². The number of hydrogen-bond donors (Lipinski definition) is 2. The highest BCUT2D eigenvalue weighted by Crippen LogP contribution is 2.32. The average Bonchev–Trinajstić information content (AvgIpc) is 3.28. The number of amides is 4. The molecule has 13 nitrogen and oxygen atoms in total. The number of benzene rings is 2. The summed E-state index contributed by atoms with van der Waals surface area (Å²) in [5.41, 5.74) is 0.925. The molecule has 2 N–H and O–H groups in total. The first-order valence-electron chi connectivity index (χ1n) is 14.7. The summed E-state index contributed by atoms with van der Waals surface area (Å²) < 4.78 is 33.0. The molecular weight excluding hydrogens is 574 g/mol. The molecule has 2 heterocycles. The standard InChI is InChI=1S/C31H39N3O10/c35-27-10-9-26(29(36)33-27)34-30(37)24-7-4-8-25(28(24)31(34)38)32-11-12-39-13-14-40-15-16-41-17-18-42-19-20-43-21-22-44-23-5-2-1-3-6-23/h1-8,26,32H,9-22H2,(H,33,35,36).